The normalized spacial score (nSPS) is 14.9. The van der Waals surface area contributed by atoms with Crippen LogP contribution in [0.3, 0.4) is 0 Å². The van der Waals surface area contributed by atoms with Crippen LogP contribution in [0.2, 0.25) is 0 Å². The number of nitrogens with zero attached hydrogens (tertiary/aromatic N) is 1. The topological polar surface area (TPSA) is 60.5 Å². The van der Waals surface area contributed by atoms with Crippen LogP contribution in [0.5, 0.6) is 5.88 Å². The molecule has 1 aliphatic rings. The van der Waals surface area contributed by atoms with E-state index in [4.69, 9.17) is 9.47 Å². The van der Waals surface area contributed by atoms with Crippen molar-refractivity contribution in [2.24, 2.45) is 0 Å². The van der Waals surface area contributed by atoms with Crippen LogP contribution < -0.4 is 10.1 Å². The lowest BCUT2D eigenvalue weighted by molar-refractivity contribution is 0.0237. The van der Waals surface area contributed by atoms with Crippen LogP contribution in [0.25, 0.3) is 0 Å². The number of carbonyl (C=O) groups is 1. The predicted octanol–water partition coefficient (Wildman–Crippen LogP) is 3.00. The number of aryl methyl sites for hydroxylation is 1. The highest BCUT2D eigenvalue weighted by Crippen LogP contribution is 2.16. The molecule has 5 nitrogen and oxygen atoms in total. The summed E-state index contributed by atoms with van der Waals surface area (Å²) in [7, 11) is 0. The molecule has 0 radical (unpaired) electrons. The van der Waals surface area contributed by atoms with Crippen molar-refractivity contribution in [3.8, 4) is 5.88 Å². The molecule has 0 aliphatic carbocycles. The van der Waals surface area contributed by atoms with Gasteiger partial charge >= 0.3 is 0 Å². The van der Waals surface area contributed by atoms with E-state index in [0.717, 1.165) is 25.7 Å². The Morgan fingerprint density at radius 2 is 2.00 bits per heavy atom. The van der Waals surface area contributed by atoms with Crippen LogP contribution in [0.4, 0.5) is 0 Å². The van der Waals surface area contributed by atoms with E-state index in [-0.39, 0.29) is 12.0 Å². The van der Waals surface area contributed by atoms with Gasteiger partial charge in [0.05, 0.1) is 13.2 Å². The van der Waals surface area contributed by atoms with Gasteiger partial charge in [-0.3, -0.25) is 4.79 Å². The monoisotopic (exact) mass is 340 g/mol. The lowest BCUT2D eigenvalue weighted by atomic mass is 10.1. The molecule has 1 saturated heterocycles. The molecule has 1 fully saturated rings. The highest BCUT2D eigenvalue weighted by molar-refractivity contribution is 5.94. The average Bonchev–Trinajstić information content (AvgIpc) is 2.67. The fourth-order valence-corrected chi connectivity index (χ4v) is 2.82. The summed E-state index contributed by atoms with van der Waals surface area (Å²) < 4.78 is 11.2. The van der Waals surface area contributed by atoms with Gasteiger partial charge in [-0.25, -0.2) is 4.98 Å². The summed E-state index contributed by atoms with van der Waals surface area (Å²) >= 11 is 0. The zero-order valence-electron chi connectivity index (χ0n) is 14.3. The second-order valence-corrected chi connectivity index (χ2v) is 6.16. The summed E-state index contributed by atoms with van der Waals surface area (Å²) in [6.45, 7) is 2.07. The van der Waals surface area contributed by atoms with E-state index in [1.54, 1.807) is 18.3 Å². The number of nitrogens with one attached hydrogen (secondary N) is 1. The molecule has 1 aromatic carbocycles. The van der Waals surface area contributed by atoms with E-state index in [0.29, 0.717) is 31.2 Å². The molecule has 1 amide bonds. The molecule has 25 heavy (non-hydrogen) atoms. The average molecular weight is 340 g/mol. The minimum atomic E-state index is -0.0905. The van der Waals surface area contributed by atoms with Gasteiger partial charge in [-0.15, -0.1) is 0 Å². The first kappa shape index (κ1) is 17.4. The fourth-order valence-electron chi connectivity index (χ4n) is 2.82. The van der Waals surface area contributed by atoms with Crippen LogP contribution in [0.1, 0.15) is 35.2 Å². The molecule has 0 spiro atoms. The maximum Gasteiger partial charge on any atom is 0.251 e. The zero-order valence-corrected chi connectivity index (χ0v) is 14.3. The Bertz CT molecular complexity index is 670. The first-order valence-electron chi connectivity index (χ1n) is 8.84. The molecule has 3 rings (SSSR count). The molecule has 0 saturated carbocycles. The SMILES string of the molecule is O=C(NCCCc1ccccc1)c1ccnc(OC2CCOCC2)c1. The third kappa shape index (κ3) is 5.57. The van der Waals surface area contributed by atoms with E-state index in [1.165, 1.54) is 5.56 Å². The number of benzene rings is 1. The lowest BCUT2D eigenvalue weighted by Gasteiger charge is -2.22. The molecule has 0 atom stereocenters. The zero-order chi connectivity index (χ0) is 17.3. The number of aromatic nitrogens is 1. The summed E-state index contributed by atoms with van der Waals surface area (Å²) in [5.74, 6) is 0.413. The Balaban J connectivity index is 1.45. The summed E-state index contributed by atoms with van der Waals surface area (Å²) in [6.07, 6.45) is 5.32. The third-order valence-corrected chi connectivity index (χ3v) is 4.22. The summed E-state index contributed by atoms with van der Waals surface area (Å²) in [4.78, 5) is 16.5. The predicted molar refractivity (Wildman–Crippen MR) is 95.8 cm³/mol. The maximum atomic E-state index is 12.3. The van der Waals surface area contributed by atoms with Gasteiger partial charge in [0.15, 0.2) is 0 Å². The molecule has 1 N–H and O–H groups in total. The van der Waals surface area contributed by atoms with Crippen molar-refractivity contribution >= 4 is 5.91 Å². The molecule has 1 aromatic heterocycles. The van der Waals surface area contributed by atoms with Crippen LogP contribution in [-0.2, 0) is 11.2 Å². The first-order chi connectivity index (χ1) is 12.3. The molecule has 132 valence electrons. The van der Waals surface area contributed by atoms with Crippen LogP contribution in [0, 0.1) is 0 Å². The summed E-state index contributed by atoms with van der Waals surface area (Å²) in [6, 6.07) is 13.7. The first-order valence-corrected chi connectivity index (χ1v) is 8.84. The van der Waals surface area contributed by atoms with Gasteiger partial charge in [0.2, 0.25) is 5.88 Å². The van der Waals surface area contributed by atoms with E-state index in [9.17, 15) is 4.79 Å². The van der Waals surface area contributed by atoms with Crippen molar-refractivity contribution in [1.29, 1.82) is 0 Å². The van der Waals surface area contributed by atoms with Crippen molar-refractivity contribution in [1.82, 2.24) is 10.3 Å². The summed E-state index contributed by atoms with van der Waals surface area (Å²) in [5.41, 5.74) is 1.87. The molecule has 5 heteroatoms. The van der Waals surface area contributed by atoms with Crippen LogP contribution in [0.15, 0.2) is 48.7 Å². The Hall–Kier alpha value is -2.40. The number of ether oxygens (including phenoxy) is 2. The van der Waals surface area contributed by atoms with Crippen LogP contribution >= 0.6 is 0 Å². The molecule has 0 bridgehead atoms. The number of hydrogen-bond donors (Lipinski definition) is 1. The number of rotatable bonds is 7. The van der Waals surface area contributed by atoms with E-state index in [1.807, 2.05) is 18.2 Å². The van der Waals surface area contributed by atoms with Gasteiger partial charge in [0.25, 0.3) is 5.91 Å². The van der Waals surface area contributed by atoms with Gasteiger partial charge in [-0.2, -0.15) is 0 Å². The minimum Gasteiger partial charge on any atom is -0.474 e. The van der Waals surface area contributed by atoms with Crippen LogP contribution in [-0.4, -0.2) is 36.8 Å². The van der Waals surface area contributed by atoms with Gasteiger partial charge < -0.3 is 14.8 Å². The highest BCUT2D eigenvalue weighted by atomic mass is 16.5. The van der Waals surface area contributed by atoms with Crippen molar-refractivity contribution < 1.29 is 14.3 Å². The number of carbonyl (C=O) groups excluding carboxylic acids is 1. The lowest BCUT2D eigenvalue weighted by Crippen LogP contribution is -2.27. The van der Waals surface area contributed by atoms with Gasteiger partial charge in [-0.05, 0) is 24.5 Å². The third-order valence-electron chi connectivity index (χ3n) is 4.22. The smallest absolute Gasteiger partial charge is 0.251 e. The molecule has 0 unspecified atom stereocenters. The van der Waals surface area contributed by atoms with Crippen molar-refractivity contribution in [2.45, 2.75) is 31.8 Å². The second-order valence-electron chi connectivity index (χ2n) is 6.16. The Morgan fingerprint density at radius 3 is 2.80 bits per heavy atom. The summed E-state index contributed by atoms with van der Waals surface area (Å²) in [5, 5.41) is 2.96. The molecule has 1 aliphatic heterocycles. The maximum absolute atomic E-state index is 12.3. The quantitative estimate of drug-likeness (QED) is 0.787. The molecular weight excluding hydrogens is 316 g/mol. The van der Waals surface area contributed by atoms with E-state index < -0.39 is 0 Å². The van der Waals surface area contributed by atoms with Gasteiger partial charge in [0, 0.05) is 37.2 Å². The Morgan fingerprint density at radius 1 is 1.20 bits per heavy atom. The van der Waals surface area contributed by atoms with Crippen molar-refractivity contribution in [3.63, 3.8) is 0 Å². The number of amides is 1. The van der Waals surface area contributed by atoms with E-state index in [2.05, 4.69) is 22.4 Å². The number of pyridine rings is 1. The Labute approximate surface area is 148 Å². The van der Waals surface area contributed by atoms with Crippen molar-refractivity contribution in [3.05, 3.63) is 59.8 Å². The van der Waals surface area contributed by atoms with Gasteiger partial charge in [0.1, 0.15) is 6.10 Å². The largest absolute Gasteiger partial charge is 0.474 e. The fraction of sp³-hybridized carbons (Fsp3) is 0.400. The van der Waals surface area contributed by atoms with Gasteiger partial charge in [-0.1, -0.05) is 30.3 Å². The second kappa shape index (κ2) is 9.18. The van der Waals surface area contributed by atoms with Crippen molar-refractivity contribution in [2.75, 3.05) is 19.8 Å². The van der Waals surface area contributed by atoms with E-state index >= 15 is 0 Å². The highest BCUT2D eigenvalue weighted by Gasteiger charge is 2.16. The minimum absolute atomic E-state index is 0.0905. The molecular formula is C20H24N2O3. The molecule has 2 aromatic rings. The number of hydrogen-bond acceptors (Lipinski definition) is 4. The Kier molecular flexibility index (Phi) is 6.40. The standard InChI is InChI=1S/C20H24N2O3/c23-20(22-11-4-7-16-5-2-1-3-6-16)17-8-12-21-19(15-17)25-18-9-13-24-14-10-18/h1-3,5-6,8,12,15,18H,4,7,9-11,13-14H2,(H,22,23). The molecule has 2 heterocycles.